The summed E-state index contributed by atoms with van der Waals surface area (Å²) in [7, 11) is -2.13. The van der Waals surface area contributed by atoms with Gasteiger partial charge in [0.2, 0.25) is 0 Å². The van der Waals surface area contributed by atoms with Gasteiger partial charge >= 0.3 is 0 Å². The number of aliphatic hydroxyl groups is 1. The summed E-state index contributed by atoms with van der Waals surface area (Å²) < 4.78 is 34.0. The molecule has 1 aliphatic heterocycles. The fourth-order valence-electron chi connectivity index (χ4n) is 2.33. The lowest BCUT2D eigenvalue weighted by Gasteiger charge is -2.37. The zero-order chi connectivity index (χ0) is 15.3. The minimum Gasteiger partial charge on any atom is -0.394 e. The Morgan fingerprint density at radius 3 is 2.48 bits per heavy atom. The first-order valence-corrected chi connectivity index (χ1v) is 8.39. The number of benzene rings is 1. The van der Waals surface area contributed by atoms with Crippen molar-refractivity contribution in [2.24, 2.45) is 0 Å². The van der Waals surface area contributed by atoms with Gasteiger partial charge in [0.1, 0.15) is 0 Å². The van der Waals surface area contributed by atoms with E-state index < -0.39 is 15.7 Å². The molecule has 2 N–H and O–H groups in total. The van der Waals surface area contributed by atoms with Crippen LogP contribution in [0.15, 0.2) is 30.3 Å². The normalized spacial score (nSPS) is 18.8. The Morgan fingerprint density at radius 1 is 1.29 bits per heavy atom. The SMILES string of the molecule is CN(Cc1ccccc1)S(=O)(=O)NC1(CO)CCOCC1. The maximum Gasteiger partial charge on any atom is 0.280 e. The van der Waals surface area contributed by atoms with Crippen molar-refractivity contribution in [3.63, 3.8) is 0 Å². The highest BCUT2D eigenvalue weighted by molar-refractivity contribution is 7.87. The molecule has 0 saturated carbocycles. The van der Waals surface area contributed by atoms with Gasteiger partial charge in [-0.2, -0.15) is 17.4 Å². The Labute approximate surface area is 125 Å². The van der Waals surface area contributed by atoms with E-state index in [-0.39, 0.29) is 13.2 Å². The lowest BCUT2D eigenvalue weighted by molar-refractivity contribution is 0.0216. The summed E-state index contributed by atoms with van der Waals surface area (Å²) in [6.07, 6.45) is 0.948. The van der Waals surface area contributed by atoms with Crippen LogP contribution in [0.3, 0.4) is 0 Å². The van der Waals surface area contributed by atoms with Gasteiger partial charge in [-0.05, 0) is 18.4 Å². The van der Waals surface area contributed by atoms with Gasteiger partial charge in [-0.15, -0.1) is 0 Å². The molecule has 2 rings (SSSR count). The van der Waals surface area contributed by atoms with Crippen LogP contribution in [0.25, 0.3) is 0 Å². The van der Waals surface area contributed by atoms with Crippen LogP contribution < -0.4 is 4.72 Å². The fraction of sp³-hybridized carbons (Fsp3) is 0.571. The largest absolute Gasteiger partial charge is 0.394 e. The molecule has 7 heteroatoms. The van der Waals surface area contributed by atoms with Gasteiger partial charge in [0, 0.05) is 26.8 Å². The smallest absolute Gasteiger partial charge is 0.280 e. The minimum atomic E-state index is -3.66. The molecule has 0 amide bonds. The highest BCUT2D eigenvalue weighted by Gasteiger charge is 2.37. The fourth-order valence-corrected chi connectivity index (χ4v) is 3.62. The van der Waals surface area contributed by atoms with E-state index in [1.165, 1.54) is 11.4 Å². The Hall–Kier alpha value is -0.990. The van der Waals surface area contributed by atoms with Crippen molar-refractivity contribution in [3.05, 3.63) is 35.9 Å². The topological polar surface area (TPSA) is 78.9 Å². The van der Waals surface area contributed by atoms with Crippen LogP contribution in [-0.4, -0.2) is 50.2 Å². The molecule has 1 aromatic rings. The average Bonchev–Trinajstić information content (AvgIpc) is 2.48. The first-order chi connectivity index (χ1) is 9.97. The van der Waals surface area contributed by atoms with Crippen LogP contribution in [-0.2, 0) is 21.5 Å². The van der Waals surface area contributed by atoms with E-state index in [1.807, 2.05) is 30.3 Å². The van der Waals surface area contributed by atoms with Crippen molar-refractivity contribution >= 4 is 10.2 Å². The lowest BCUT2D eigenvalue weighted by atomic mass is 9.93. The second-order valence-electron chi connectivity index (χ2n) is 5.40. The maximum atomic E-state index is 12.4. The van der Waals surface area contributed by atoms with Gasteiger partial charge < -0.3 is 9.84 Å². The number of nitrogens with zero attached hydrogens (tertiary/aromatic N) is 1. The molecule has 1 aliphatic rings. The molecule has 0 aromatic heterocycles. The van der Waals surface area contributed by atoms with Gasteiger partial charge in [0.15, 0.2) is 0 Å². The van der Waals surface area contributed by atoms with Crippen molar-refractivity contribution in [1.82, 2.24) is 9.03 Å². The highest BCUT2D eigenvalue weighted by atomic mass is 32.2. The molecule has 0 spiro atoms. The van der Waals surface area contributed by atoms with E-state index in [4.69, 9.17) is 4.74 Å². The lowest BCUT2D eigenvalue weighted by Crippen LogP contribution is -2.57. The monoisotopic (exact) mass is 314 g/mol. The van der Waals surface area contributed by atoms with Crippen LogP contribution in [0.4, 0.5) is 0 Å². The van der Waals surface area contributed by atoms with E-state index in [0.717, 1.165) is 5.56 Å². The van der Waals surface area contributed by atoms with Crippen LogP contribution in [0, 0.1) is 0 Å². The summed E-state index contributed by atoms with van der Waals surface area (Å²) in [5, 5.41) is 9.58. The predicted molar refractivity (Wildman–Crippen MR) is 79.8 cm³/mol. The molecule has 1 aromatic carbocycles. The molecular formula is C14H22N2O4S. The molecule has 1 heterocycles. The van der Waals surface area contributed by atoms with Crippen LogP contribution >= 0.6 is 0 Å². The summed E-state index contributed by atoms with van der Waals surface area (Å²) in [5.41, 5.74) is 0.0950. The zero-order valence-electron chi connectivity index (χ0n) is 12.2. The van der Waals surface area contributed by atoms with Crippen molar-refractivity contribution < 1.29 is 18.3 Å². The minimum absolute atomic E-state index is 0.227. The highest BCUT2D eigenvalue weighted by Crippen LogP contribution is 2.22. The first-order valence-electron chi connectivity index (χ1n) is 6.95. The van der Waals surface area contributed by atoms with Crippen molar-refractivity contribution in [2.75, 3.05) is 26.9 Å². The third kappa shape index (κ3) is 4.24. The number of rotatable bonds is 6. The molecule has 0 bridgehead atoms. The summed E-state index contributed by atoms with van der Waals surface area (Å²) in [4.78, 5) is 0. The van der Waals surface area contributed by atoms with E-state index >= 15 is 0 Å². The molecular weight excluding hydrogens is 292 g/mol. The molecule has 118 valence electrons. The molecule has 21 heavy (non-hydrogen) atoms. The van der Waals surface area contributed by atoms with E-state index in [2.05, 4.69) is 4.72 Å². The number of nitrogens with one attached hydrogen (secondary N) is 1. The van der Waals surface area contributed by atoms with Crippen LogP contribution in [0.5, 0.6) is 0 Å². The second kappa shape index (κ2) is 6.85. The number of hydrogen-bond donors (Lipinski definition) is 2. The van der Waals surface area contributed by atoms with Crippen LogP contribution in [0.1, 0.15) is 18.4 Å². The van der Waals surface area contributed by atoms with Crippen LogP contribution in [0.2, 0.25) is 0 Å². The van der Waals surface area contributed by atoms with E-state index in [0.29, 0.717) is 26.1 Å². The van der Waals surface area contributed by atoms with Gasteiger partial charge in [0.25, 0.3) is 10.2 Å². The van der Waals surface area contributed by atoms with Gasteiger partial charge in [0.05, 0.1) is 12.1 Å². The zero-order valence-corrected chi connectivity index (χ0v) is 13.0. The molecule has 6 nitrogen and oxygen atoms in total. The summed E-state index contributed by atoms with van der Waals surface area (Å²) in [5.74, 6) is 0. The van der Waals surface area contributed by atoms with Gasteiger partial charge in [-0.1, -0.05) is 30.3 Å². The molecule has 1 saturated heterocycles. The second-order valence-corrected chi connectivity index (χ2v) is 7.18. The predicted octanol–water partition coefficient (Wildman–Crippen LogP) is 0.494. The summed E-state index contributed by atoms with van der Waals surface area (Å²) in [6.45, 7) is 0.958. The Kier molecular flexibility index (Phi) is 5.34. The third-order valence-corrected chi connectivity index (χ3v) is 5.40. The van der Waals surface area contributed by atoms with Crippen molar-refractivity contribution in [3.8, 4) is 0 Å². The standard InChI is InChI=1S/C14H22N2O4S/c1-16(11-13-5-3-2-4-6-13)21(18,19)15-14(12-17)7-9-20-10-8-14/h2-6,15,17H,7-12H2,1H3. The Balaban J connectivity index is 2.06. The number of ether oxygens (including phenoxy) is 1. The first kappa shape index (κ1) is 16.4. The van der Waals surface area contributed by atoms with Crippen molar-refractivity contribution in [2.45, 2.75) is 24.9 Å². The van der Waals surface area contributed by atoms with Gasteiger partial charge in [-0.25, -0.2) is 0 Å². The molecule has 0 aliphatic carbocycles. The maximum absolute atomic E-state index is 12.4. The Morgan fingerprint density at radius 2 is 1.90 bits per heavy atom. The van der Waals surface area contributed by atoms with Gasteiger partial charge in [-0.3, -0.25) is 0 Å². The number of aliphatic hydroxyl groups excluding tert-OH is 1. The third-order valence-electron chi connectivity index (χ3n) is 3.76. The summed E-state index contributed by atoms with van der Waals surface area (Å²) >= 11 is 0. The molecule has 0 radical (unpaired) electrons. The quantitative estimate of drug-likeness (QED) is 0.801. The summed E-state index contributed by atoms with van der Waals surface area (Å²) in [6, 6.07) is 9.39. The average molecular weight is 314 g/mol. The van der Waals surface area contributed by atoms with E-state index in [9.17, 15) is 13.5 Å². The molecule has 0 atom stereocenters. The number of hydrogen-bond acceptors (Lipinski definition) is 4. The van der Waals surface area contributed by atoms with E-state index in [1.54, 1.807) is 0 Å². The molecule has 1 fully saturated rings. The molecule has 0 unspecified atom stereocenters. The van der Waals surface area contributed by atoms with Crippen molar-refractivity contribution in [1.29, 1.82) is 0 Å². The Bertz CT molecular complexity index is 541.